The Hall–Kier alpha value is -1.10. The van der Waals surface area contributed by atoms with Gasteiger partial charge in [0.25, 0.3) is 0 Å². The molecule has 1 aliphatic rings. The second-order valence-electron chi connectivity index (χ2n) is 5.86. The standard InChI is InChI=1S/C14H26N2O3/c1-4-19-12(17)10-5-7-11(8-6-10)16-13(18)14(2,3)9-15/h10-11H,4-9,15H2,1-3H3,(H,16,18). The van der Waals surface area contributed by atoms with Gasteiger partial charge in [-0.3, -0.25) is 9.59 Å². The molecular formula is C14H26N2O3. The molecule has 3 N–H and O–H groups in total. The number of hydrogen-bond acceptors (Lipinski definition) is 4. The molecule has 0 atom stereocenters. The van der Waals surface area contributed by atoms with E-state index in [1.165, 1.54) is 0 Å². The summed E-state index contributed by atoms with van der Waals surface area (Å²) in [5, 5.41) is 3.03. The monoisotopic (exact) mass is 270 g/mol. The van der Waals surface area contributed by atoms with Crippen molar-refractivity contribution in [3.8, 4) is 0 Å². The molecule has 19 heavy (non-hydrogen) atoms. The SMILES string of the molecule is CCOC(=O)C1CCC(NC(=O)C(C)(C)CN)CC1. The number of ether oxygens (including phenoxy) is 1. The van der Waals surface area contributed by atoms with E-state index in [1.54, 1.807) is 0 Å². The summed E-state index contributed by atoms with van der Waals surface area (Å²) >= 11 is 0. The van der Waals surface area contributed by atoms with E-state index in [0.717, 1.165) is 25.7 Å². The van der Waals surface area contributed by atoms with Crippen LogP contribution in [0.2, 0.25) is 0 Å². The molecule has 1 rings (SSSR count). The quantitative estimate of drug-likeness (QED) is 0.736. The minimum Gasteiger partial charge on any atom is -0.466 e. The maximum absolute atomic E-state index is 12.0. The number of nitrogens with two attached hydrogens (primary N) is 1. The summed E-state index contributed by atoms with van der Waals surface area (Å²) in [5.41, 5.74) is 5.06. The van der Waals surface area contributed by atoms with Crippen molar-refractivity contribution >= 4 is 11.9 Å². The average Bonchev–Trinajstić information content (AvgIpc) is 2.39. The summed E-state index contributed by atoms with van der Waals surface area (Å²) in [6.07, 6.45) is 3.23. The lowest BCUT2D eigenvalue weighted by Gasteiger charge is -2.31. The van der Waals surface area contributed by atoms with Gasteiger partial charge in [0.15, 0.2) is 0 Å². The van der Waals surface area contributed by atoms with Gasteiger partial charge in [-0.2, -0.15) is 0 Å². The van der Waals surface area contributed by atoms with Crippen LogP contribution < -0.4 is 11.1 Å². The molecule has 0 aromatic heterocycles. The Morgan fingerprint density at radius 3 is 2.32 bits per heavy atom. The van der Waals surface area contributed by atoms with Gasteiger partial charge in [-0.15, -0.1) is 0 Å². The second kappa shape index (κ2) is 6.89. The van der Waals surface area contributed by atoms with Gasteiger partial charge in [-0.25, -0.2) is 0 Å². The highest BCUT2D eigenvalue weighted by Crippen LogP contribution is 2.26. The molecule has 5 nitrogen and oxygen atoms in total. The number of carbonyl (C=O) groups is 2. The minimum atomic E-state index is -0.530. The fraction of sp³-hybridized carbons (Fsp3) is 0.857. The molecule has 0 aromatic rings. The number of esters is 1. The predicted octanol–water partition coefficient (Wildman–Crippen LogP) is 1.21. The molecule has 0 radical (unpaired) electrons. The van der Waals surface area contributed by atoms with Crippen molar-refractivity contribution in [2.24, 2.45) is 17.1 Å². The van der Waals surface area contributed by atoms with Gasteiger partial charge in [0, 0.05) is 12.6 Å². The molecular weight excluding hydrogens is 244 g/mol. The van der Waals surface area contributed by atoms with Crippen molar-refractivity contribution in [3.63, 3.8) is 0 Å². The number of hydrogen-bond donors (Lipinski definition) is 2. The predicted molar refractivity (Wildman–Crippen MR) is 73.4 cm³/mol. The molecule has 110 valence electrons. The third kappa shape index (κ3) is 4.49. The van der Waals surface area contributed by atoms with Crippen molar-refractivity contribution in [1.29, 1.82) is 0 Å². The maximum Gasteiger partial charge on any atom is 0.308 e. The van der Waals surface area contributed by atoms with Crippen molar-refractivity contribution in [2.45, 2.75) is 52.5 Å². The smallest absolute Gasteiger partial charge is 0.308 e. The number of carbonyl (C=O) groups excluding carboxylic acids is 2. The van der Waals surface area contributed by atoms with Crippen LogP contribution in [0.4, 0.5) is 0 Å². The molecule has 0 aliphatic heterocycles. The van der Waals surface area contributed by atoms with E-state index < -0.39 is 5.41 Å². The van der Waals surface area contributed by atoms with Crippen LogP contribution in [-0.4, -0.2) is 31.1 Å². The topological polar surface area (TPSA) is 81.4 Å². The summed E-state index contributed by atoms with van der Waals surface area (Å²) in [7, 11) is 0. The first-order valence-corrected chi connectivity index (χ1v) is 7.08. The molecule has 1 saturated carbocycles. The van der Waals surface area contributed by atoms with Gasteiger partial charge < -0.3 is 15.8 Å². The van der Waals surface area contributed by atoms with E-state index in [2.05, 4.69) is 5.32 Å². The summed E-state index contributed by atoms with van der Waals surface area (Å²) < 4.78 is 5.03. The van der Waals surface area contributed by atoms with Crippen molar-refractivity contribution in [3.05, 3.63) is 0 Å². The van der Waals surface area contributed by atoms with Gasteiger partial charge in [0.2, 0.25) is 5.91 Å². The summed E-state index contributed by atoms with van der Waals surface area (Å²) in [6, 6.07) is 0.156. The van der Waals surface area contributed by atoms with Crippen LogP contribution in [0.5, 0.6) is 0 Å². The molecule has 1 amide bonds. The third-order valence-electron chi connectivity index (χ3n) is 3.81. The van der Waals surface area contributed by atoms with Gasteiger partial charge >= 0.3 is 5.97 Å². The van der Waals surface area contributed by atoms with E-state index in [-0.39, 0.29) is 23.8 Å². The van der Waals surface area contributed by atoms with Crippen LogP contribution in [0.3, 0.4) is 0 Å². The van der Waals surface area contributed by atoms with Crippen molar-refractivity contribution < 1.29 is 14.3 Å². The summed E-state index contributed by atoms with van der Waals surface area (Å²) in [4.78, 5) is 23.6. The highest BCUT2D eigenvalue weighted by atomic mass is 16.5. The molecule has 0 heterocycles. The van der Waals surface area contributed by atoms with Crippen LogP contribution >= 0.6 is 0 Å². The van der Waals surface area contributed by atoms with Crippen LogP contribution in [0.25, 0.3) is 0 Å². The van der Waals surface area contributed by atoms with Crippen LogP contribution in [0, 0.1) is 11.3 Å². The molecule has 0 spiro atoms. The van der Waals surface area contributed by atoms with E-state index in [0.29, 0.717) is 13.2 Å². The summed E-state index contributed by atoms with van der Waals surface area (Å²) in [5.74, 6) is -0.111. The van der Waals surface area contributed by atoms with Crippen LogP contribution in [-0.2, 0) is 14.3 Å². The van der Waals surface area contributed by atoms with Gasteiger partial charge in [0.1, 0.15) is 0 Å². The van der Waals surface area contributed by atoms with Gasteiger partial charge in [0.05, 0.1) is 17.9 Å². The van der Waals surface area contributed by atoms with Crippen LogP contribution in [0.1, 0.15) is 46.5 Å². The van der Waals surface area contributed by atoms with Crippen LogP contribution in [0.15, 0.2) is 0 Å². The van der Waals surface area contributed by atoms with E-state index in [9.17, 15) is 9.59 Å². The number of nitrogens with one attached hydrogen (secondary N) is 1. The number of rotatable bonds is 5. The van der Waals surface area contributed by atoms with Crippen molar-refractivity contribution in [1.82, 2.24) is 5.32 Å². The van der Waals surface area contributed by atoms with Gasteiger partial charge in [-0.1, -0.05) is 0 Å². The first-order valence-electron chi connectivity index (χ1n) is 7.08. The van der Waals surface area contributed by atoms with Crippen molar-refractivity contribution in [2.75, 3.05) is 13.2 Å². The molecule has 0 unspecified atom stereocenters. The fourth-order valence-corrected chi connectivity index (χ4v) is 2.21. The Labute approximate surface area is 115 Å². The zero-order valence-corrected chi connectivity index (χ0v) is 12.2. The lowest BCUT2D eigenvalue weighted by Crippen LogP contribution is -2.47. The molecule has 1 aliphatic carbocycles. The zero-order chi connectivity index (χ0) is 14.5. The Kier molecular flexibility index (Phi) is 5.79. The fourth-order valence-electron chi connectivity index (χ4n) is 2.21. The zero-order valence-electron chi connectivity index (χ0n) is 12.2. The Balaban J connectivity index is 2.38. The second-order valence-corrected chi connectivity index (χ2v) is 5.86. The Bertz CT molecular complexity index is 321. The Morgan fingerprint density at radius 2 is 1.84 bits per heavy atom. The largest absolute Gasteiger partial charge is 0.466 e. The first-order chi connectivity index (χ1) is 8.90. The normalized spacial score (nSPS) is 23.8. The maximum atomic E-state index is 12.0. The lowest BCUT2D eigenvalue weighted by molar-refractivity contribution is -0.149. The van der Waals surface area contributed by atoms with E-state index in [4.69, 9.17) is 10.5 Å². The molecule has 0 bridgehead atoms. The average molecular weight is 270 g/mol. The molecule has 0 saturated heterocycles. The third-order valence-corrected chi connectivity index (χ3v) is 3.81. The minimum absolute atomic E-state index is 0.00405. The highest BCUT2D eigenvalue weighted by Gasteiger charge is 2.31. The highest BCUT2D eigenvalue weighted by molar-refractivity contribution is 5.82. The Morgan fingerprint density at radius 1 is 1.26 bits per heavy atom. The van der Waals surface area contributed by atoms with Gasteiger partial charge in [-0.05, 0) is 46.5 Å². The molecule has 1 fully saturated rings. The lowest BCUT2D eigenvalue weighted by atomic mass is 9.85. The van der Waals surface area contributed by atoms with E-state index in [1.807, 2.05) is 20.8 Å². The summed E-state index contributed by atoms with van der Waals surface area (Å²) in [6.45, 7) is 6.26. The first kappa shape index (κ1) is 16.0. The molecule has 0 aromatic carbocycles. The van der Waals surface area contributed by atoms with E-state index >= 15 is 0 Å². The molecule has 5 heteroatoms. The number of amides is 1.